The van der Waals surface area contributed by atoms with E-state index in [-0.39, 0.29) is 18.0 Å². The molecule has 29 heavy (non-hydrogen) atoms. The predicted octanol–water partition coefficient (Wildman–Crippen LogP) is 6.04. The fraction of sp³-hybridized carbons (Fsp3) is 0.174. The van der Waals surface area contributed by atoms with Crippen molar-refractivity contribution in [2.24, 2.45) is 4.99 Å². The van der Waals surface area contributed by atoms with Gasteiger partial charge in [-0.15, -0.1) is 0 Å². The molecule has 0 saturated carbocycles. The Morgan fingerprint density at radius 3 is 2.66 bits per heavy atom. The minimum atomic E-state index is -0.274. The first-order valence-corrected chi connectivity index (χ1v) is 10.4. The van der Waals surface area contributed by atoms with Crippen LogP contribution in [0.5, 0.6) is 11.5 Å². The largest absolute Gasteiger partial charge is 0.508 e. The van der Waals surface area contributed by atoms with Crippen LogP contribution in [0.2, 0.25) is 5.02 Å². The van der Waals surface area contributed by atoms with E-state index in [1.54, 1.807) is 13.2 Å². The lowest BCUT2D eigenvalue weighted by Crippen LogP contribution is -2.33. The lowest BCUT2D eigenvalue weighted by atomic mass is 9.93. The summed E-state index contributed by atoms with van der Waals surface area (Å²) in [6.07, 6.45) is 0.371. The Kier molecular flexibility index (Phi) is 5.90. The third-order valence-electron chi connectivity index (χ3n) is 5.00. The minimum absolute atomic E-state index is 0.0893. The van der Waals surface area contributed by atoms with Crippen LogP contribution in [0.4, 0.5) is 0 Å². The number of phenols is 1. The molecule has 0 bridgehead atoms. The maximum atomic E-state index is 10.4. The number of ether oxygens (including phenoxy) is 1. The first-order chi connectivity index (χ1) is 14.0. The van der Waals surface area contributed by atoms with E-state index >= 15 is 0 Å². The van der Waals surface area contributed by atoms with Crippen LogP contribution >= 0.6 is 27.5 Å². The summed E-state index contributed by atoms with van der Waals surface area (Å²) in [6.45, 7) is 0. The van der Waals surface area contributed by atoms with Gasteiger partial charge in [0.15, 0.2) is 0 Å². The minimum Gasteiger partial charge on any atom is -0.508 e. The normalized spacial score (nSPS) is 18.9. The van der Waals surface area contributed by atoms with Gasteiger partial charge in [0.25, 0.3) is 0 Å². The summed E-state index contributed by atoms with van der Waals surface area (Å²) in [6, 6.07) is 20.9. The molecule has 1 aliphatic rings. The summed E-state index contributed by atoms with van der Waals surface area (Å²) in [5.74, 6) is 1.04. The van der Waals surface area contributed by atoms with Crippen molar-refractivity contribution in [2.45, 2.75) is 18.6 Å². The number of benzene rings is 3. The topological polar surface area (TPSA) is 53.9 Å². The number of hydrogen-bond donors (Lipinski definition) is 2. The van der Waals surface area contributed by atoms with E-state index in [0.717, 1.165) is 32.6 Å². The summed E-state index contributed by atoms with van der Waals surface area (Å²) < 4.78 is 6.21. The highest BCUT2D eigenvalue weighted by atomic mass is 79.9. The van der Waals surface area contributed by atoms with Gasteiger partial charge in [-0.1, -0.05) is 48.0 Å². The highest BCUT2D eigenvalue weighted by Crippen LogP contribution is 2.36. The second-order valence-electron chi connectivity index (χ2n) is 6.86. The third kappa shape index (κ3) is 4.32. The van der Waals surface area contributed by atoms with Gasteiger partial charge in [-0.25, -0.2) is 0 Å². The standard InChI is InChI=1S/C23H20BrClN2O2/c1-29-22-10-9-15(12-18(22)24)23-26-19(14-5-4-6-16(25)11-14)13-20(27-23)17-7-2-3-8-21(17)28/h2-12,20,23,27-28H,13H2,1H3. The van der Waals surface area contributed by atoms with Gasteiger partial charge >= 0.3 is 0 Å². The number of halogens is 2. The molecular formula is C23H20BrClN2O2. The van der Waals surface area contributed by atoms with Crippen molar-refractivity contribution in [2.75, 3.05) is 7.11 Å². The molecule has 4 nitrogen and oxygen atoms in total. The summed E-state index contributed by atoms with van der Waals surface area (Å²) in [4.78, 5) is 4.97. The number of hydrogen-bond acceptors (Lipinski definition) is 4. The molecule has 1 aliphatic heterocycles. The Balaban J connectivity index is 1.77. The zero-order valence-corrected chi connectivity index (χ0v) is 18.1. The second-order valence-corrected chi connectivity index (χ2v) is 8.16. The van der Waals surface area contributed by atoms with E-state index in [9.17, 15) is 5.11 Å². The van der Waals surface area contributed by atoms with Gasteiger partial charge in [-0.3, -0.25) is 10.3 Å². The first kappa shape index (κ1) is 20.0. The molecule has 4 rings (SSSR count). The summed E-state index contributed by atoms with van der Waals surface area (Å²) >= 11 is 9.78. The van der Waals surface area contributed by atoms with Gasteiger partial charge in [-0.05, 0) is 57.4 Å². The molecule has 1 heterocycles. The van der Waals surface area contributed by atoms with E-state index in [2.05, 4.69) is 21.2 Å². The monoisotopic (exact) mass is 470 g/mol. The molecule has 3 aromatic carbocycles. The number of para-hydroxylation sites is 1. The molecule has 0 amide bonds. The number of nitrogens with one attached hydrogen (secondary N) is 1. The Morgan fingerprint density at radius 2 is 1.93 bits per heavy atom. The molecule has 0 fully saturated rings. The van der Waals surface area contributed by atoms with E-state index in [4.69, 9.17) is 21.3 Å². The molecule has 148 valence electrons. The molecule has 2 unspecified atom stereocenters. The van der Waals surface area contributed by atoms with Crippen molar-refractivity contribution in [1.82, 2.24) is 5.32 Å². The third-order valence-corrected chi connectivity index (χ3v) is 5.86. The van der Waals surface area contributed by atoms with Crippen molar-refractivity contribution >= 4 is 33.2 Å². The van der Waals surface area contributed by atoms with Crippen LogP contribution in [0, 0.1) is 0 Å². The fourth-order valence-corrected chi connectivity index (χ4v) is 4.30. The number of nitrogens with zero attached hydrogens (tertiary/aromatic N) is 1. The van der Waals surface area contributed by atoms with Crippen LogP contribution in [0.15, 0.2) is 76.2 Å². The summed E-state index contributed by atoms with van der Waals surface area (Å²) in [5, 5.41) is 14.6. The zero-order valence-electron chi connectivity index (χ0n) is 15.8. The van der Waals surface area contributed by atoms with Gasteiger partial charge in [0.2, 0.25) is 0 Å². The molecular weight excluding hydrogens is 452 g/mol. The lowest BCUT2D eigenvalue weighted by molar-refractivity contribution is 0.406. The van der Waals surface area contributed by atoms with E-state index in [1.807, 2.05) is 60.7 Å². The van der Waals surface area contributed by atoms with Gasteiger partial charge in [0.05, 0.1) is 11.6 Å². The summed E-state index contributed by atoms with van der Waals surface area (Å²) in [7, 11) is 1.64. The Morgan fingerprint density at radius 1 is 1.10 bits per heavy atom. The summed E-state index contributed by atoms with van der Waals surface area (Å²) in [5.41, 5.74) is 3.77. The van der Waals surface area contributed by atoms with E-state index in [0.29, 0.717) is 11.4 Å². The number of rotatable bonds is 4. The molecule has 2 atom stereocenters. The SMILES string of the molecule is COc1ccc(C2N=C(c3cccc(Cl)c3)CC(c3ccccc3O)N2)cc1Br. The number of aromatic hydroxyl groups is 1. The number of phenolic OH excluding ortho intramolecular Hbond substituents is 1. The van der Waals surface area contributed by atoms with Crippen LogP contribution in [0.3, 0.4) is 0 Å². The Bertz CT molecular complexity index is 1070. The van der Waals surface area contributed by atoms with Crippen LogP contribution < -0.4 is 10.1 Å². The van der Waals surface area contributed by atoms with Crippen molar-refractivity contribution in [1.29, 1.82) is 0 Å². The van der Waals surface area contributed by atoms with Gasteiger partial charge in [0.1, 0.15) is 17.7 Å². The van der Waals surface area contributed by atoms with Gasteiger partial charge in [0, 0.05) is 28.8 Å². The Labute approximate surface area is 183 Å². The van der Waals surface area contributed by atoms with E-state index in [1.165, 1.54) is 0 Å². The maximum absolute atomic E-state index is 10.4. The second kappa shape index (κ2) is 8.57. The van der Waals surface area contributed by atoms with Crippen LogP contribution in [0.1, 0.15) is 35.3 Å². The Hall–Kier alpha value is -2.34. The van der Waals surface area contributed by atoms with Crippen LogP contribution in [-0.2, 0) is 0 Å². The smallest absolute Gasteiger partial charge is 0.133 e. The quantitative estimate of drug-likeness (QED) is 0.488. The van der Waals surface area contributed by atoms with Crippen molar-refractivity contribution in [3.8, 4) is 11.5 Å². The molecule has 3 aromatic rings. The lowest BCUT2D eigenvalue weighted by Gasteiger charge is -2.31. The molecule has 0 aliphatic carbocycles. The molecule has 6 heteroatoms. The molecule has 0 aromatic heterocycles. The highest BCUT2D eigenvalue weighted by molar-refractivity contribution is 9.10. The maximum Gasteiger partial charge on any atom is 0.133 e. The predicted molar refractivity (Wildman–Crippen MR) is 120 cm³/mol. The van der Waals surface area contributed by atoms with Crippen LogP contribution in [0.25, 0.3) is 0 Å². The van der Waals surface area contributed by atoms with Gasteiger partial charge < -0.3 is 9.84 Å². The van der Waals surface area contributed by atoms with E-state index < -0.39 is 0 Å². The van der Waals surface area contributed by atoms with Crippen molar-refractivity contribution in [3.63, 3.8) is 0 Å². The molecule has 2 N–H and O–H groups in total. The zero-order chi connectivity index (χ0) is 20.4. The molecule has 0 spiro atoms. The number of aliphatic imine (C=N–C) groups is 1. The first-order valence-electron chi connectivity index (χ1n) is 9.25. The average molecular weight is 472 g/mol. The molecule has 0 radical (unpaired) electrons. The van der Waals surface area contributed by atoms with Crippen molar-refractivity contribution in [3.05, 3.63) is 92.9 Å². The number of methoxy groups -OCH3 is 1. The van der Waals surface area contributed by atoms with Crippen molar-refractivity contribution < 1.29 is 9.84 Å². The average Bonchev–Trinajstić information content (AvgIpc) is 2.73. The van der Waals surface area contributed by atoms with Crippen LogP contribution in [-0.4, -0.2) is 17.9 Å². The van der Waals surface area contributed by atoms with Gasteiger partial charge in [-0.2, -0.15) is 0 Å². The molecule has 0 saturated heterocycles. The fourth-order valence-electron chi connectivity index (χ4n) is 3.55. The highest BCUT2D eigenvalue weighted by Gasteiger charge is 2.28.